The van der Waals surface area contributed by atoms with Crippen molar-refractivity contribution in [1.29, 1.82) is 0 Å². The summed E-state index contributed by atoms with van der Waals surface area (Å²) in [6.07, 6.45) is 0. The maximum Gasteiger partial charge on any atom is 0.0547 e. The third-order valence-corrected chi connectivity index (χ3v) is 14.3. The van der Waals surface area contributed by atoms with Crippen molar-refractivity contribution in [2.75, 3.05) is 4.90 Å². The Morgan fingerprint density at radius 1 is 0.216 bits per heavy atom. The molecule has 13 aromatic rings. The van der Waals surface area contributed by atoms with Crippen LogP contribution in [0.15, 0.2) is 303 Å². The molecule has 0 N–H and O–H groups in total. The van der Waals surface area contributed by atoms with Gasteiger partial charge in [-0.2, -0.15) is 0 Å². The first-order valence-corrected chi connectivity index (χ1v) is 25.4. The van der Waals surface area contributed by atoms with E-state index in [-0.39, 0.29) is 0 Å². The lowest BCUT2D eigenvalue weighted by Crippen LogP contribution is -2.11. The highest BCUT2D eigenvalue weighted by molar-refractivity contribution is 6.16. The second-order valence-electron chi connectivity index (χ2n) is 18.9. The Hall–Kier alpha value is -9.76. The minimum atomic E-state index is 1.06. The van der Waals surface area contributed by atoms with E-state index in [1.807, 2.05) is 0 Å². The van der Waals surface area contributed by atoms with Crippen LogP contribution in [0.1, 0.15) is 0 Å². The average molecular weight is 943 g/mol. The molecule has 2 nitrogen and oxygen atoms in total. The fourth-order valence-electron chi connectivity index (χ4n) is 10.8. The Labute approximate surface area is 433 Å². The van der Waals surface area contributed by atoms with Crippen LogP contribution in [0.3, 0.4) is 0 Å². The van der Waals surface area contributed by atoms with Gasteiger partial charge in [-0.1, -0.05) is 212 Å². The molecule has 2 heteroatoms. The second kappa shape index (κ2) is 19.4. The van der Waals surface area contributed by atoms with Crippen LogP contribution in [0.25, 0.3) is 105 Å². The van der Waals surface area contributed by atoms with E-state index in [4.69, 9.17) is 0 Å². The second-order valence-corrected chi connectivity index (χ2v) is 18.9. The van der Waals surface area contributed by atoms with Crippen LogP contribution in [-0.2, 0) is 0 Å². The smallest absolute Gasteiger partial charge is 0.0547 e. The van der Waals surface area contributed by atoms with Gasteiger partial charge in [-0.3, -0.25) is 0 Å². The van der Waals surface area contributed by atoms with E-state index >= 15 is 0 Å². The van der Waals surface area contributed by atoms with E-state index in [0.29, 0.717) is 0 Å². The van der Waals surface area contributed by atoms with Crippen LogP contribution >= 0.6 is 0 Å². The van der Waals surface area contributed by atoms with Crippen molar-refractivity contribution in [2.24, 2.45) is 0 Å². The molecule has 0 amide bonds. The first kappa shape index (κ1) is 44.2. The van der Waals surface area contributed by atoms with Gasteiger partial charge in [0.1, 0.15) is 0 Å². The van der Waals surface area contributed by atoms with E-state index in [9.17, 15) is 0 Å². The summed E-state index contributed by atoms with van der Waals surface area (Å²) in [5.41, 5.74) is 23.0. The summed E-state index contributed by atoms with van der Waals surface area (Å²) in [5, 5.41) is 2.48. The summed E-state index contributed by atoms with van der Waals surface area (Å²) < 4.78 is 2.40. The predicted octanol–water partition coefficient (Wildman–Crippen LogP) is 19.9. The van der Waals surface area contributed by atoms with Crippen molar-refractivity contribution in [3.05, 3.63) is 303 Å². The van der Waals surface area contributed by atoms with Gasteiger partial charge in [0.25, 0.3) is 0 Å². The first-order chi connectivity index (χ1) is 36.7. The number of benzene rings is 12. The molecule has 0 atom stereocenters. The molecule has 0 aliphatic carbocycles. The zero-order valence-electron chi connectivity index (χ0n) is 40.8. The van der Waals surface area contributed by atoms with Crippen molar-refractivity contribution in [3.8, 4) is 83.6 Å². The quantitative estimate of drug-likeness (QED) is 0.125. The number of nitrogens with zero attached hydrogens (tertiary/aromatic N) is 2. The third-order valence-electron chi connectivity index (χ3n) is 14.3. The number of hydrogen-bond donors (Lipinski definition) is 0. The van der Waals surface area contributed by atoms with Crippen molar-refractivity contribution in [3.63, 3.8) is 0 Å². The molecule has 0 fully saturated rings. The molecule has 13 rings (SSSR count). The minimum absolute atomic E-state index is 1.06. The number of aromatic nitrogens is 1. The predicted molar refractivity (Wildman–Crippen MR) is 314 cm³/mol. The van der Waals surface area contributed by atoms with Gasteiger partial charge in [0, 0.05) is 33.5 Å². The highest BCUT2D eigenvalue weighted by atomic mass is 15.1. The molecule has 0 spiro atoms. The topological polar surface area (TPSA) is 8.17 Å². The Morgan fingerprint density at radius 2 is 0.554 bits per heavy atom. The zero-order chi connectivity index (χ0) is 49.2. The lowest BCUT2D eigenvalue weighted by atomic mass is 9.91. The SMILES string of the molecule is c1ccc(-c2cc(-c3ccc(N(c4cc(-c5ccccc5)cc(-c5ccccc5)c4)c4cc(-c5ccccc5)cc(-c5ccccc5)c4)cc3)cc(-c3cccc4c3c3ccccc3n4-c3ccccc3)c2)cc1. The minimum Gasteiger partial charge on any atom is -0.310 e. The van der Waals surface area contributed by atoms with E-state index in [1.54, 1.807) is 0 Å². The van der Waals surface area contributed by atoms with Crippen molar-refractivity contribution in [2.45, 2.75) is 0 Å². The molecular formula is C72H50N2. The number of anilines is 3. The molecule has 1 aromatic heterocycles. The van der Waals surface area contributed by atoms with Gasteiger partial charge in [0.05, 0.1) is 11.0 Å². The van der Waals surface area contributed by atoms with Gasteiger partial charge < -0.3 is 9.47 Å². The molecule has 0 aliphatic heterocycles. The molecule has 0 radical (unpaired) electrons. The summed E-state index contributed by atoms with van der Waals surface area (Å²) in [6, 6.07) is 110. The summed E-state index contributed by atoms with van der Waals surface area (Å²) in [7, 11) is 0. The van der Waals surface area contributed by atoms with Crippen LogP contribution in [-0.4, -0.2) is 4.57 Å². The van der Waals surface area contributed by atoms with E-state index in [1.165, 1.54) is 66.3 Å². The number of fused-ring (bicyclic) bond motifs is 3. The van der Waals surface area contributed by atoms with E-state index in [0.717, 1.165) is 56.1 Å². The Balaban J connectivity index is 1.01. The standard InChI is InChI=1S/C72H50N2/c1-7-22-51(23-8-1)57-42-58(46-63(45-57)68-35-21-37-71-72(68)69-34-19-20-36-70(69)74(71)64-32-17-6-18-33-64)56-38-40-65(41-39-56)73(66-47-59(52-24-9-2-10-25-52)43-60(48-66)53-26-11-3-12-27-53)67-49-61(54-28-13-4-14-29-54)44-62(50-67)55-30-15-5-16-31-55/h1-50H. The molecular weight excluding hydrogens is 893 g/mol. The fraction of sp³-hybridized carbons (Fsp3) is 0. The molecule has 0 bridgehead atoms. The van der Waals surface area contributed by atoms with Gasteiger partial charge in [-0.15, -0.1) is 0 Å². The van der Waals surface area contributed by atoms with Crippen LogP contribution in [0.2, 0.25) is 0 Å². The molecule has 348 valence electrons. The van der Waals surface area contributed by atoms with Crippen molar-refractivity contribution < 1.29 is 0 Å². The Kier molecular flexibility index (Phi) is 11.6. The van der Waals surface area contributed by atoms with Crippen molar-refractivity contribution in [1.82, 2.24) is 4.57 Å². The van der Waals surface area contributed by atoms with Gasteiger partial charge in [-0.05, 0) is 169 Å². The summed E-state index contributed by atoms with van der Waals surface area (Å²) in [4.78, 5) is 2.44. The molecule has 74 heavy (non-hydrogen) atoms. The van der Waals surface area contributed by atoms with Crippen LogP contribution in [0.5, 0.6) is 0 Å². The van der Waals surface area contributed by atoms with Gasteiger partial charge >= 0.3 is 0 Å². The molecule has 12 aromatic carbocycles. The zero-order valence-corrected chi connectivity index (χ0v) is 40.8. The molecule has 0 aliphatic rings. The maximum absolute atomic E-state index is 2.44. The lowest BCUT2D eigenvalue weighted by molar-refractivity contribution is 1.18. The molecule has 1 heterocycles. The lowest BCUT2D eigenvalue weighted by Gasteiger charge is -2.28. The van der Waals surface area contributed by atoms with Crippen LogP contribution in [0, 0.1) is 0 Å². The Morgan fingerprint density at radius 3 is 0.986 bits per heavy atom. The van der Waals surface area contributed by atoms with E-state index < -0.39 is 0 Å². The molecule has 0 saturated heterocycles. The first-order valence-electron chi connectivity index (χ1n) is 25.4. The molecule has 0 unspecified atom stereocenters. The van der Waals surface area contributed by atoms with Gasteiger partial charge in [-0.25, -0.2) is 0 Å². The highest BCUT2D eigenvalue weighted by Gasteiger charge is 2.21. The highest BCUT2D eigenvalue weighted by Crippen LogP contribution is 2.45. The van der Waals surface area contributed by atoms with Crippen LogP contribution < -0.4 is 4.90 Å². The van der Waals surface area contributed by atoms with E-state index in [2.05, 4.69) is 313 Å². The molecule has 0 saturated carbocycles. The largest absolute Gasteiger partial charge is 0.310 e. The normalized spacial score (nSPS) is 11.2. The maximum atomic E-state index is 2.44. The van der Waals surface area contributed by atoms with Crippen LogP contribution in [0.4, 0.5) is 17.1 Å². The fourth-order valence-corrected chi connectivity index (χ4v) is 10.8. The summed E-state index contributed by atoms with van der Waals surface area (Å²) in [6.45, 7) is 0. The van der Waals surface area contributed by atoms with Crippen molar-refractivity contribution >= 4 is 38.9 Å². The van der Waals surface area contributed by atoms with Gasteiger partial charge in [0.15, 0.2) is 0 Å². The number of rotatable bonds is 11. The average Bonchev–Trinajstić information content (AvgIpc) is 3.83. The number of para-hydroxylation sites is 2. The third kappa shape index (κ3) is 8.55. The Bertz CT molecular complexity index is 3830. The van der Waals surface area contributed by atoms with Gasteiger partial charge in [0.2, 0.25) is 0 Å². The number of hydrogen-bond acceptors (Lipinski definition) is 1. The summed E-state index contributed by atoms with van der Waals surface area (Å²) >= 11 is 0. The summed E-state index contributed by atoms with van der Waals surface area (Å²) in [5.74, 6) is 0. The monoisotopic (exact) mass is 942 g/mol.